The summed E-state index contributed by atoms with van der Waals surface area (Å²) in [7, 11) is 0. The third-order valence-electron chi connectivity index (χ3n) is 5.01. The Morgan fingerprint density at radius 2 is 1.71 bits per heavy atom. The monoisotopic (exact) mass is 471 g/mol. The summed E-state index contributed by atoms with van der Waals surface area (Å²) in [6, 6.07) is 24.4. The Bertz CT molecular complexity index is 1330. The van der Waals surface area contributed by atoms with Crippen molar-refractivity contribution in [2.45, 2.75) is 6.92 Å². The molecule has 2 amide bonds. The number of carbonyl (C=O) groups excluding carboxylic acids is 2. The minimum atomic E-state index is -0.469. The fourth-order valence-electron chi connectivity index (χ4n) is 3.25. The molecule has 3 aromatic carbocycles. The van der Waals surface area contributed by atoms with E-state index in [0.717, 1.165) is 28.1 Å². The second-order valence-electron chi connectivity index (χ2n) is 7.53. The predicted octanol–water partition coefficient (Wildman–Crippen LogP) is 4.38. The summed E-state index contributed by atoms with van der Waals surface area (Å²) < 4.78 is 1.77. The highest BCUT2D eigenvalue weighted by molar-refractivity contribution is 6.33. The summed E-state index contributed by atoms with van der Waals surface area (Å²) in [5.74, 6) is -0.903. The molecule has 0 spiro atoms. The topological polar surface area (TPSA) is 88.4 Å². The molecule has 0 aliphatic carbocycles. The maximum atomic E-state index is 12.2. The Morgan fingerprint density at radius 1 is 1.00 bits per heavy atom. The van der Waals surface area contributed by atoms with Gasteiger partial charge in [0.25, 0.3) is 11.8 Å². The van der Waals surface area contributed by atoms with Crippen LogP contribution in [0.3, 0.4) is 0 Å². The van der Waals surface area contributed by atoms with Crippen LogP contribution in [0, 0.1) is 6.92 Å². The number of nitrogens with zero attached hydrogens (tertiary/aromatic N) is 3. The number of halogens is 1. The Labute approximate surface area is 202 Å². The molecule has 0 fully saturated rings. The van der Waals surface area contributed by atoms with Gasteiger partial charge < -0.3 is 5.32 Å². The number of hydrazone groups is 1. The number of aryl methyl sites for hydroxylation is 1. The molecule has 4 rings (SSSR count). The van der Waals surface area contributed by atoms with Crippen molar-refractivity contribution in [3.05, 3.63) is 107 Å². The molecule has 0 bridgehead atoms. The maximum absolute atomic E-state index is 12.2. The molecular weight excluding hydrogens is 450 g/mol. The molecule has 34 heavy (non-hydrogen) atoms. The molecule has 0 saturated carbocycles. The second-order valence-corrected chi connectivity index (χ2v) is 7.94. The van der Waals surface area contributed by atoms with Gasteiger partial charge in [-0.15, -0.1) is 0 Å². The first-order valence-electron chi connectivity index (χ1n) is 10.6. The number of nitrogens with one attached hydrogen (secondary N) is 2. The van der Waals surface area contributed by atoms with E-state index in [9.17, 15) is 9.59 Å². The van der Waals surface area contributed by atoms with Crippen LogP contribution in [0.15, 0.2) is 90.2 Å². The SMILES string of the molecule is Cc1ccc(-c2nn(-c3ccccc3)cc2C=NNC(=O)CNC(=O)c2ccccc2Cl)cc1. The lowest BCUT2D eigenvalue weighted by molar-refractivity contribution is -0.120. The quantitative estimate of drug-likeness (QED) is 0.309. The lowest BCUT2D eigenvalue weighted by atomic mass is 10.1. The van der Waals surface area contributed by atoms with Gasteiger partial charge in [-0.3, -0.25) is 9.59 Å². The molecule has 0 radical (unpaired) electrons. The summed E-state index contributed by atoms with van der Waals surface area (Å²) >= 11 is 6.01. The molecule has 0 atom stereocenters. The van der Waals surface area contributed by atoms with Crippen molar-refractivity contribution in [1.29, 1.82) is 0 Å². The van der Waals surface area contributed by atoms with E-state index < -0.39 is 11.8 Å². The number of carbonyl (C=O) groups is 2. The number of aromatic nitrogens is 2. The summed E-state index contributed by atoms with van der Waals surface area (Å²) in [4.78, 5) is 24.4. The molecule has 0 unspecified atom stereocenters. The van der Waals surface area contributed by atoms with Crippen molar-refractivity contribution in [3.63, 3.8) is 0 Å². The van der Waals surface area contributed by atoms with Crippen LogP contribution in [0.25, 0.3) is 16.9 Å². The van der Waals surface area contributed by atoms with Crippen LogP contribution in [-0.4, -0.2) is 34.4 Å². The molecule has 0 saturated heterocycles. The van der Waals surface area contributed by atoms with Gasteiger partial charge in [0.2, 0.25) is 0 Å². The number of rotatable bonds is 7. The zero-order valence-electron chi connectivity index (χ0n) is 18.4. The molecule has 4 aromatic rings. The molecular formula is C26H22ClN5O2. The lowest BCUT2D eigenvalue weighted by Crippen LogP contribution is -2.35. The Hall–Kier alpha value is -4.23. The van der Waals surface area contributed by atoms with Crippen LogP contribution in [0.4, 0.5) is 0 Å². The minimum Gasteiger partial charge on any atom is -0.343 e. The van der Waals surface area contributed by atoms with Crippen molar-refractivity contribution in [2.24, 2.45) is 5.10 Å². The third-order valence-corrected chi connectivity index (χ3v) is 5.34. The van der Waals surface area contributed by atoms with E-state index in [1.54, 1.807) is 28.9 Å². The van der Waals surface area contributed by atoms with Crippen LogP contribution in [0.5, 0.6) is 0 Å². The molecule has 8 heteroatoms. The zero-order valence-corrected chi connectivity index (χ0v) is 19.2. The maximum Gasteiger partial charge on any atom is 0.259 e. The summed E-state index contributed by atoms with van der Waals surface area (Å²) in [5, 5.41) is 11.6. The summed E-state index contributed by atoms with van der Waals surface area (Å²) in [5.41, 5.74) is 7.18. The van der Waals surface area contributed by atoms with Gasteiger partial charge >= 0.3 is 0 Å². The van der Waals surface area contributed by atoms with Gasteiger partial charge in [0.1, 0.15) is 5.69 Å². The first-order chi connectivity index (χ1) is 16.5. The van der Waals surface area contributed by atoms with Gasteiger partial charge in [0.15, 0.2) is 0 Å². The highest BCUT2D eigenvalue weighted by atomic mass is 35.5. The van der Waals surface area contributed by atoms with Gasteiger partial charge in [0.05, 0.1) is 29.0 Å². The average Bonchev–Trinajstić information content (AvgIpc) is 3.28. The second kappa shape index (κ2) is 10.6. The third kappa shape index (κ3) is 5.57. The number of para-hydroxylation sites is 1. The lowest BCUT2D eigenvalue weighted by Gasteiger charge is -2.05. The summed E-state index contributed by atoms with van der Waals surface area (Å²) in [6.45, 7) is 1.78. The van der Waals surface area contributed by atoms with E-state index in [1.165, 1.54) is 6.21 Å². The van der Waals surface area contributed by atoms with Crippen molar-refractivity contribution >= 4 is 29.6 Å². The van der Waals surface area contributed by atoms with E-state index in [-0.39, 0.29) is 6.54 Å². The van der Waals surface area contributed by atoms with Crippen molar-refractivity contribution in [1.82, 2.24) is 20.5 Å². The molecule has 7 nitrogen and oxygen atoms in total. The Morgan fingerprint density at radius 3 is 2.44 bits per heavy atom. The molecule has 1 heterocycles. The van der Waals surface area contributed by atoms with Crippen LogP contribution in [0.1, 0.15) is 21.5 Å². The van der Waals surface area contributed by atoms with Gasteiger partial charge in [-0.1, -0.05) is 71.8 Å². The Balaban J connectivity index is 1.46. The number of benzene rings is 3. The Kier molecular flexibility index (Phi) is 7.15. The van der Waals surface area contributed by atoms with Gasteiger partial charge in [-0.2, -0.15) is 10.2 Å². The normalized spacial score (nSPS) is 10.9. The van der Waals surface area contributed by atoms with E-state index in [0.29, 0.717) is 10.6 Å². The van der Waals surface area contributed by atoms with Gasteiger partial charge in [-0.25, -0.2) is 10.1 Å². The molecule has 0 aliphatic heterocycles. The van der Waals surface area contributed by atoms with Crippen molar-refractivity contribution < 1.29 is 9.59 Å². The van der Waals surface area contributed by atoms with Gasteiger partial charge in [0, 0.05) is 17.3 Å². The zero-order chi connectivity index (χ0) is 23.9. The fourth-order valence-corrected chi connectivity index (χ4v) is 3.47. The van der Waals surface area contributed by atoms with Crippen molar-refractivity contribution in [2.75, 3.05) is 6.54 Å². The highest BCUT2D eigenvalue weighted by Gasteiger charge is 2.12. The van der Waals surface area contributed by atoms with Crippen LogP contribution in [-0.2, 0) is 4.79 Å². The molecule has 2 N–H and O–H groups in total. The van der Waals surface area contributed by atoms with E-state index in [2.05, 4.69) is 15.8 Å². The number of hydrogen-bond donors (Lipinski definition) is 2. The highest BCUT2D eigenvalue weighted by Crippen LogP contribution is 2.23. The van der Waals surface area contributed by atoms with Crippen LogP contribution in [0.2, 0.25) is 5.02 Å². The average molecular weight is 472 g/mol. The first kappa shape index (κ1) is 22.9. The van der Waals surface area contributed by atoms with E-state index >= 15 is 0 Å². The van der Waals surface area contributed by atoms with Crippen molar-refractivity contribution in [3.8, 4) is 16.9 Å². The number of hydrogen-bond acceptors (Lipinski definition) is 4. The molecule has 170 valence electrons. The largest absolute Gasteiger partial charge is 0.343 e. The first-order valence-corrected chi connectivity index (χ1v) is 11.0. The molecule has 0 aliphatic rings. The van der Waals surface area contributed by atoms with E-state index in [1.807, 2.05) is 67.7 Å². The number of amides is 2. The fraction of sp³-hybridized carbons (Fsp3) is 0.0769. The van der Waals surface area contributed by atoms with Crippen LogP contribution < -0.4 is 10.7 Å². The molecule has 1 aromatic heterocycles. The minimum absolute atomic E-state index is 0.241. The van der Waals surface area contributed by atoms with Crippen LogP contribution >= 0.6 is 11.6 Å². The smallest absolute Gasteiger partial charge is 0.259 e. The standard InChI is InChI=1S/C26H22ClN5O2/c1-18-11-13-19(14-12-18)25-20(17-32(31-25)21-7-3-2-4-8-21)15-29-30-24(33)16-28-26(34)22-9-5-6-10-23(22)27/h2-15,17H,16H2,1H3,(H,28,34)(H,30,33). The summed E-state index contributed by atoms with van der Waals surface area (Å²) in [6.07, 6.45) is 3.38. The predicted molar refractivity (Wildman–Crippen MR) is 133 cm³/mol. The van der Waals surface area contributed by atoms with E-state index in [4.69, 9.17) is 16.7 Å². The van der Waals surface area contributed by atoms with Gasteiger partial charge in [-0.05, 0) is 31.2 Å².